The number of unbranched alkanes of at least 4 members (excludes halogenated alkanes) is 1. The lowest BCUT2D eigenvalue weighted by molar-refractivity contribution is 0.261. The smallest absolute Gasteiger partial charge is 0.268 e. The van der Waals surface area contributed by atoms with Gasteiger partial charge in [-0.15, -0.1) is 0 Å². The van der Waals surface area contributed by atoms with Gasteiger partial charge >= 0.3 is 5.24 Å². The number of benzene rings is 2. The number of nitrogens with one attached hydrogen (secondary N) is 2. The highest BCUT2D eigenvalue weighted by molar-refractivity contribution is 8.11. The maximum Gasteiger partial charge on any atom is 0.314 e. The van der Waals surface area contributed by atoms with Crippen molar-refractivity contribution in [2.45, 2.75) is 19.8 Å². The molecule has 0 radical (unpaired) electrons. The van der Waals surface area contributed by atoms with Gasteiger partial charge in [-0.2, -0.15) is 5.10 Å². The van der Waals surface area contributed by atoms with Crippen LogP contribution in [0.25, 0.3) is 16.6 Å². The quantitative estimate of drug-likeness (QED) is 0.277. The van der Waals surface area contributed by atoms with E-state index in [9.17, 15) is 9.59 Å². The average Bonchev–Trinajstić information content (AvgIpc) is 2.72. The van der Waals surface area contributed by atoms with Crippen molar-refractivity contribution in [3.05, 3.63) is 70.8 Å². The summed E-state index contributed by atoms with van der Waals surface area (Å²) in [7, 11) is 0. The van der Waals surface area contributed by atoms with E-state index in [2.05, 4.69) is 27.2 Å². The van der Waals surface area contributed by atoms with Crippen LogP contribution >= 0.6 is 11.9 Å². The van der Waals surface area contributed by atoms with Crippen molar-refractivity contribution in [3.63, 3.8) is 0 Å². The molecule has 0 bridgehead atoms. The van der Waals surface area contributed by atoms with Crippen LogP contribution < -0.4 is 15.7 Å². The fourth-order valence-electron chi connectivity index (χ4n) is 2.59. The average molecular weight is 395 g/mol. The molecule has 0 saturated carbocycles. The van der Waals surface area contributed by atoms with E-state index in [1.165, 1.54) is 10.8 Å². The Labute approximate surface area is 167 Å². The van der Waals surface area contributed by atoms with Gasteiger partial charge in [0.1, 0.15) is 0 Å². The molecule has 0 unspecified atom stereocenters. The first-order valence-electron chi connectivity index (χ1n) is 9.00. The standard InChI is InChI=1S/C20H21N5O2S/c1-2-3-13-22-28-20(27)24-21-14-18-23-17-12-8-7-11-16(17)19(26)25(18)15-9-5-4-6-10-15/h4-12,14,22H,2-3,13H2,1H3,(H,24,27)/b21-14+. The highest BCUT2D eigenvalue weighted by Crippen LogP contribution is 2.11. The number of para-hydroxylation sites is 2. The van der Waals surface area contributed by atoms with Crippen LogP contribution in [-0.2, 0) is 0 Å². The topological polar surface area (TPSA) is 88.4 Å². The van der Waals surface area contributed by atoms with Gasteiger partial charge in [-0.3, -0.25) is 18.9 Å². The van der Waals surface area contributed by atoms with Crippen molar-refractivity contribution in [1.29, 1.82) is 0 Å². The third-order valence-corrected chi connectivity index (χ3v) is 4.57. The number of rotatable bonds is 7. The van der Waals surface area contributed by atoms with Crippen LogP contribution in [0.15, 0.2) is 64.5 Å². The number of hydrazone groups is 1. The van der Waals surface area contributed by atoms with E-state index >= 15 is 0 Å². The number of fused-ring (bicyclic) bond motifs is 1. The number of aromatic nitrogens is 2. The van der Waals surface area contributed by atoms with Crippen molar-refractivity contribution in [1.82, 2.24) is 19.7 Å². The normalized spacial score (nSPS) is 11.2. The number of carbonyl (C=O) groups excluding carboxylic acids is 1. The summed E-state index contributed by atoms with van der Waals surface area (Å²) in [5, 5.41) is 4.15. The molecule has 0 atom stereocenters. The van der Waals surface area contributed by atoms with Crippen molar-refractivity contribution < 1.29 is 4.79 Å². The highest BCUT2D eigenvalue weighted by Gasteiger charge is 2.11. The maximum atomic E-state index is 13.0. The van der Waals surface area contributed by atoms with Gasteiger partial charge in [-0.25, -0.2) is 10.4 Å². The molecule has 8 heteroatoms. The monoisotopic (exact) mass is 395 g/mol. The molecule has 0 saturated heterocycles. The Bertz CT molecular complexity index is 1030. The molecule has 0 fully saturated rings. The second-order valence-corrected chi connectivity index (χ2v) is 6.83. The Morgan fingerprint density at radius 2 is 1.93 bits per heavy atom. The summed E-state index contributed by atoms with van der Waals surface area (Å²) in [6.45, 7) is 2.83. The molecule has 1 heterocycles. The van der Waals surface area contributed by atoms with Gasteiger partial charge in [0.2, 0.25) is 0 Å². The molecular formula is C20H21N5O2S. The van der Waals surface area contributed by atoms with E-state index in [1.54, 1.807) is 18.2 Å². The fraction of sp³-hybridized carbons (Fsp3) is 0.200. The lowest BCUT2D eigenvalue weighted by Crippen LogP contribution is -2.24. The summed E-state index contributed by atoms with van der Waals surface area (Å²) >= 11 is 0.955. The molecule has 28 heavy (non-hydrogen) atoms. The molecule has 144 valence electrons. The van der Waals surface area contributed by atoms with Crippen molar-refractivity contribution >= 4 is 34.3 Å². The summed E-state index contributed by atoms with van der Waals surface area (Å²) in [6, 6.07) is 16.3. The van der Waals surface area contributed by atoms with E-state index in [4.69, 9.17) is 0 Å². The Morgan fingerprint density at radius 3 is 2.71 bits per heavy atom. The van der Waals surface area contributed by atoms with Gasteiger partial charge in [-0.05, 0) is 30.7 Å². The van der Waals surface area contributed by atoms with E-state index in [0.717, 1.165) is 31.3 Å². The lowest BCUT2D eigenvalue weighted by Gasteiger charge is -2.10. The Hall–Kier alpha value is -2.97. The Kier molecular flexibility index (Phi) is 6.94. The van der Waals surface area contributed by atoms with Gasteiger partial charge in [0.25, 0.3) is 5.56 Å². The molecule has 0 aliphatic carbocycles. The predicted molar refractivity (Wildman–Crippen MR) is 114 cm³/mol. The number of hydrogen-bond acceptors (Lipinski definition) is 6. The summed E-state index contributed by atoms with van der Waals surface area (Å²) in [4.78, 5) is 29.4. The molecule has 1 amide bonds. The van der Waals surface area contributed by atoms with Crippen LogP contribution in [0.1, 0.15) is 25.6 Å². The molecule has 0 aliphatic heterocycles. The van der Waals surface area contributed by atoms with Crippen LogP contribution in [0, 0.1) is 0 Å². The van der Waals surface area contributed by atoms with Crippen LogP contribution in [0.4, 0.5) is 4.79 Å². The second-order valence-electron chi connectivity index (χ2n) is 5.97. The number of hydrogen-bond donors (Lipinski definition) is 2. The lowest BCUT2D eigenvalue weighted by atomic mass is 10.2. The van der Waals surface area contributed by atoms with Gasteiger partial charge in [0.05, 0.1) is 22.8 Å². The minimum absolute atomic E-state index is 0.194. The molecule has 7 nitrogen and oxygen atoms in total. The first kappa shape index (κ1) is 19.8. The molecular weight excluding hydrogens is 374 g/mol. The van der Waals surface area contributed by atoms with Crippen LogP contribution in [0.3, 0.4) is 0 Å². The van der Waals surface area contributed by atoms with Gasteiger partial charge in [0.15, 0.2) is 5.82 Å². The van der Waals surface area contributed by atoms with Crippen molar-refractivity contribution in [3.8, 4) is 5.69 Å². The molecule has 3 rings (SSSR count). The van der Waals surface area contributed by atoms with E-state index < -0.39 is 0 Å². The van der Waals surface area contributed by atoms with Gasteiger partial charge in [-0.1, -0.05) is 43.7 Å². The molecule has 0 spiro atoms. The van der Waals surface area contributed by atoms with Crippen LogP contribution in [0.5, 0.6) is 0 Å². The number of amides is 1. The fourth-order valence-corrected chi connectivity index (χ4v) is 3.07. The Morgan fingerprint density at radius 1 is 1.18 bits per heavy atom. The third kappa shape index (κ3) is 4.85. The SMILES string of the molecule is CCCCNSC(=O)N/N=C/c1nc2ccccc2c(=O)n1-c1ccccc1. The zero-order chi connectivity index (χ0) is 19.8. The number of carbonyl (C=O) groups is 1. The van der Waals surface area contributed by atoms with Crippen LogP contribution in [0.2, 0.25) is 0 Å². The van der Waals surface area contributed by atoms with Crippen molar-refractivity contribution in [2.75, 3.05) is 6.54 Å². The predicted octanol–water partition coefficient (Wildman–Crippen LogP) is 3.47. The highest BCUT2D eigenvalue weighted by atomic mass is 32.2. The second kappa shape index (κ2) is 9.82. The maximum absolute atomic E-state index is 13.0. The molecule has 0 aliphatic rings. The van der Waals surface area contributed by atoms with E-state index in [-0.39, 0.29) is 10.8 Å². The van der Waals surface area contributed by atoms with E-state index in [1.807, 2.05) is 36.4 Å². The number of nitrogens with zero attached hydrogens (tertiary/aromatic N) is 3. The summed E-state index contributed by atoms with van der Waals surface area (Å²) in [5.41, 5.74) is 3.48. The zero-order valence-corrected chi connectivity index (χ0v) is 16.3. The Balaban J connectivity index is 1.87. The molecule has 2 N–H and O–H groups in total. The molecule has 1 aromatic heterocycles. The van der Waals surface area contributed by atoms with E-state index in [0.29, 0.717) is 22.4 Å². The third-order valence-electron chi connectivity index (χ3n) is 3.95. The zero-order valence-electron chi connectivity index (χ0n) is 15.5. The minimum Gasteiger partial charge on any atom is -0.268 e. The largest absolute Gasteiger partial charge is 0.314 e. The van der Waals surface area contributed by atoms with Crippen LogP contribution in [-0.4, -0.2) is 27.5 Å². The first-order valence-corrected chi connectivity index (χ1v) is 9.82. The minimum atomic E-state index is -0.332. The van der Waals surface area contributed by atoms with Gasteiger partial charge < -0.3 is 0 Å². The molecule has 2 aromatic carbocycles. The summed E-state index contributed by atoms with van der Waals surface area (Å²) in [5.74, 6) is 0.333. The summed E-state index contributed by atoms with van der Waals surface area (Å²) in [6.07, 6.45) is 3.43. The van der Waals surface area contributed by atoms with Crippen molar-refractivity contribution in [2.24, 2.45) is 5.10 Å². The first-order chi connectivity index (χ1) is 13.7. The summed E-state index contributed by atoms with van der Waals surface area (Å²) < 4.78 is 4.44. The molecule has 3 aromatic rings. The van der Waals surface area contributed by atoms with Gasteiger partial charge in [0, 0.05) is 18.5 Å².